The summed E-state index contributed by atoms with van der Waals surface area (Å²) >= 11 is 0. The highest BCUT2D eigenvalue weighted by Crippen LogP contribution is 2.23. The van der Waals surface area contributed by atoms with Crippen molar-refractivity contribution in [2.45, 2.75) is 25.4 Å². The number of hydrogen-bond donors (Lipinski definition) is 2. The summed E-state index contributed by atoms with van der Waals surface area (Å²) in [5.74, 6) is 0.00403. The molecule has 2 N–H and O–H groups in total. The molecule has 4 heterocycles. The van der Waals surface area contributed by atoms with Crippen molar-refractivity contribution < 1.29 is 18.8 Å². The maximum atomic E-state index is 12.0. The third-order valence-corrected chi connectivity index (χ3v) is 4.12. The van der Waals surface area contributed by atoms with Gasteiger partial charge in [-0.15, -0.1) is 0 Å². The van der Waals surface area contributed by atoms with E-state index in [1.807, 2.05) is 0 Å². The molecule has 1 aromatic heterocycles. The quantitative estimate of drug-likeness (QED) is 0.612. The summed E-state index contributed by atoms with van der Waals surface area (Å²) in [6.07, 6.45) is 4.06. The predicted octanol–water partition coefficient (Wildman–Crippen LogP) is -0.155. The number of fused-ring (bicyclic) bond motifs is 1. The molecule has 3 aliphatic heterocycles. The number of carbonyl (C=O) groups is 2. The summed E-state index contributed by atoms with van der Waals surface area (Å²) in [6, 6.07) is -0.288. The van der Waals surface area contributed by atoms with E-state index in [-0.39, 0.29) is 35.3 Å². The van der Waals surface area contributed by atoms with Gasteiger partial charge in [0.15, 0.2) is 5.82 Å². The smallest absolute Gasteiger partial charge is 0.341 e. The minimum Gasteiger partial charge on any atom is -0.465 e. The second-order valence-corrected chi connectivity index (χ2v) is 5.86. The molecule has 0 spiro atoms. The van der Waals surface area contributed by atoms with E-state index in [0.717, 1.165) is 0 Å². The van der Waals surface area contributed by atoms with Crippen LogP contribution in [0.3, 0.4) is 0 Å². The number of carbonyl (C=O) groups excluding carboxylic acids is 2. The monoisotopic (exact) mass is 358 g/mol. The van der Waals surface area contributed by atoms with Crippen molar-refractivity contribution in [3.05, 3.63) is 40.0 Å². The number of pyridine rings is 1. The van der Waals surface area contributed by atoms with Crippen molar-refractivity contribution in [1.29, 1.82) is 0 Å². The molecule has 0 aromatic carbocycles. The molecule has 134 valence electrons. The molecule has 11 nitrogen and oxygen atoms in total. The highest BCUT2D eigenvalue weighted by atomic mass is 16.5. The van der Waals surface area contributed by atoms with E-state index in [1.54, 1.807) is 10.8 Å². The normalized spacial score (nSPS) is 16.8. The van der Waals surface area contributed by atoms with Crippen LogP contribution < -0.4 is 10.9 Å². The second kappa shape index (κ2) is 6.10. The van der Waals surface area contributed by atoms with Crippen LogP contribution in [0.25, 0.3) is 11.3 Å². The molecule has 1 fully saturated rings. The molecular weight excluding hydrogens is 344 g/mol. The standard InChI is InChI=1S/C15H14N6O5/c1-25-15(24)8-5-21(4-7-12(8)18-19-13(7)23)6-10-17-14(26-20-10)9-2-3-11(22)16-9/h4-5,9H,2-3,6H2,1H3,(H,16,22)(H,19,23)/t9-/m1/s1. The number of rotatable bonds is 4. The zero-order valence-corrected chi connectivity index (χ0v) is 13.7. The molecule has 4 rings (SSSR count). The number of aromatic amines is 1. The first-order chi connectivity index (χ1) is 12.5. The average molecular weight is 358 g/mol. The molecule has 0 unspecified atom stereocenters. The first kappa shape index (κ1) is 16.0. The van der Waals surface area contributed by atoms with Crippen molar-refractivity contribution in [1.82, 2.24) is 30.2 Å². The van der Waals surface area contributed by atoms with Gasteiger partial charge in [0.1, 0.15) is 17.3 Å². The van der Waals surface area contributed by atoms with Crippen molar-refractivity contribution in [3.63, 3.8) is 0 Å². The minimum absolute atomic E-state index is 0.0553. The average Bonchev–Trinajstić information content (AvgIpc) is 3.35. The molecule has 0 radical (unpaired) electrons. The third kappa shape index (κ3) is 2.72. The van der Waals surface area contributed by atoms with Crippen LogP contribution in [0.15, 0.2) is 21.7 Å². The van der Waals surface area contributed by atoms with Crippen LogP contribution in [0.2, 0.25) is 0 Å². The molecule has 26 heavy (non-hydrogen) atoms. The van der Waals surface area contributed by atoms with Crippen molar-refractivity contribution >= 4 is 11.9 Å². The van der Waals surface area contributed by atoms with E-state index in [9.17, 15) is 14.4 Å². The van der Waals surface area contributed by atoms with Crippen molar-refractivity contribution in [2.24, 2.45) is 0 Å². The fourth-order valence-electron chi connectivity index (χ4n) is 2.88. The van der Waals surface area contributed by atoms with Crippen LogP contribution in [0.4, 0.5) is 0 Å². The van der Waals surface area contributed by atoms with E-state index in [1.165, 1.54) is 13.3 Å². The number of methoxy groups -OCH3 is 1. The molecule has 1 amide bonds. The van der Waals surface area contributed by atoms with Gasteiger partial charge in [0.2, 0.25) is 11.8 Å². The first-order valence-electron chi connectivity index (χ1n) is 7.83. The van der Waals surface area contributed by atoms with Crippen LogP contribution in [-0.4, -0.2) is 43.9 Å². The zero-order valence-electron chi connectivity index (χ0n) is 13.7. The molecule has 11 heteroatoms. The number of nitrogens with zero attached hydrogens (tertiary/aromatic N) is 4. The number of H-pyrrole nitrogens is 1. The number of aromatic nitrogens is 5. The molecule has 3 aliphatic rings. The first-order valence-corrected chi connectivity index (χ1v) is 7.83. The number of ether oxygens (including phenoxy) is 1. The van der Waals surface area contributed by atoms with E-state index >= 15 is 0 Å². The molecule has 0 saturated carbocycles. The van der Waals surface area contributed by atoms with Gasteiger partial charge in [0.25, 0.3) is 5.56 Å². The van der Waals surface area contributed by atoms with Crippen LogP contribution in [0.5, 0.6) is 0 Å². The van der Waals surface area contributed by atoms with Crippen LogP contribution in [-0.2, 0) is 16.1 Å². The maximum absolute atomic E-state index is 12.0. The summed E-state index contributed by atoms with van der Waals surface area (Å²) in [4.78, 5) is 39.4. The summed E-state index contributed by atoms with van der Waals surface area (Å²) in [5.41, 5.74) is 0.220. The topological polar surface area (TPSA) is 145 Å². The van der Waals surface area contributed by atoms with Gasteiger partial charge in [0, 0.05) is 18.8 Å². The minimum atomic E-state index is -0.613. The highest BCUT2D eigenvalue weighted by Gasteiger charge is 2.27. The summed E-state index contributed by atoms with van der Waals surface area (Å²) < 4.78 is 11.5. The lowest BCUT2D eigenvalue weighted by Gasteiger charge is -2.09. The number of nitrogens with one attached hydrogen (secondary N) is 2. The lowest BCUT2D eigenvalue weighted by atomic mass is 10.1. The molecule has 1 aromatic rings. The Morgan fingerprint density at radius 3 is 3.00 bits per heavy atom. The maximum Gasteiger partial charge on any atom is 0.341 e. The van der Waals surface area contributed by atoms with Crippen LogP contribution >= 0.6 is 0 Å². The van der Waals surface area contributed by atoms with Gasteiger partial charge < -0.3 is 19.1 Å². The van der Waals surface area contributed by atoms with Crippen molar-refractivity contribution in [3.8, 4) is 11.3 Å². The van der Waals surface area contributed by atoms with Gasteiger partial charge in [-0.25, -0.2) is 9.89 Å². The van der Waals surface area contributed by atoms with Gasteiger partial charge in [-0.3, -0.25) is 9.59 Å². The van der Waals surface area contributed by atoms with Gasteiger partial charge in [-0.05, 0) is 6.42 Å². The van der Waals surface area contributed by atoms with E-state index in [0.29, 0.717) is 24.6 Å². The molecule has 0 aliphatic carbocycles. The molecular formula is C15H14N6O5. The Kier molecular flexibility index (Phi) is 3.75. The number of esters is 1. The van der Waals surface area contributed by atoms with E-state index in [2.05, 4.69) is 25.7 Å². The Morgan fingerprint density at radius 1 is 1.42 bits per heavy atom. The van der Waals surface area contributed by atoms with Gasteiger partial charge in [-0.2, -0.15) is 10.1 Å². The van der Waals surface area contributed by atoms with Crippen LogP contribution in [0.1, 0.15) is 41.0 Å². The summed E-state index contributed by atoms with van der Waals surface area (Å²) in [5, 5.41) is 12.8. The lowest BCUT2D eigenvalue weighted by molar-refractivity contribution is -0.119. The Morgan fingerprint density at radius 2 is 2.27 bits per heavy atom. The lowest BCUT2D eigenvalue weighted by Crippen LogP contribution is -2.18. The second-order valence-electron chi connectivity index (χ2n) is 5.86. The highest BCUT2D eigenvalue weighted by molar-refractivity contribution is 5.95. The van der Waals surface area contributed by atoms with Gasteiger partial charge >= 0.3 is 5.97 Å². The third-order valence-electron chi connectivity index (χ3n) is 4.12. The zero-order chi connectivity index (χ0) is 18.3. The Bertz CT molecular complexity index is 1020. The van der Waals surface area contributed by atoms with E-state index in [4.69, 9.17) is 9.26 Å². The SMILES string of the molecule is COC(=O)c1cn(Cc2noc([C@H]3CCC(=O)N3)n2)cc2c(=O)[nH]nc1-2. The van der Waals surface area contributed by atoms with E-state index < -0.39 is 11.5 Å². The largest absolute Gasteiger partial charge is 0.465 e. The Balaban J connectivity index is 1.65. The molecule has 1 atom stereocenters. The Labute approximate surface area is 145 Å². The predicted molar refractivity (Wildman–Crippen MR) is 84.3 cm³/mol. The van der Waals surface area contributed by atoms with Crippen molar-refractivity contribution in [2.75, 3.05) is 7.11 Å². The fourth-order valence-corrected chi connectivity index (χ4v) is 2.88. The number of amides is 1. The molecule has 0 bridgehead atoms. The summed E-state index contributed by atoms with van der Waals surface area (Å²) in [7, 11) is 1.25. The van der Waals surface area contributed by atoms with Gasteiger partial charge in [-0.1, -0.05) is 5.16 Å². The van der Waals surface area contributed by atoms with Gasteiger partial charge in [0.05, 0.1) is 19.2 Å². The number of hydrogen-bond acceptors (Lipinski definition) is 8. The summed E-state index contributed by atoms with van der Waals surface area (Å²) in [6.45, 7) is 0.161. The Hall–Kier alpha value is -3.50. The van der Waals surface area contributed by atoms with Crippen LogP contribution in [0, 0.1) is 0 Å². The molecule has 1 saturated heterocycles. The fraction of sp³-hybridized carbons (Fsp3) is 0.333.